The van der Waals surface area contributed by atoms with Gasteiger partial charge in [0, 0.05) is 29.7 Å². The molecule has 7 heteroatoms. The van der Waals surface area contributed by atoms with Crippen molar-refractivity contribution in [2.75, 3.05) is 13.1 Å². The predicted molar refractivity (Wildman–Crippen MR) is 120 cm³/mol. The normalized spacial score (nSPS) is 18.0. The first kappa shape index (κ1) is 20.5. The maximum Gasteiger partial charge on any atom is 0.326 e. The van der Waals surface area contributed by atoms with Gasteiger partial charge in [0.2, 0.25) is 5.91 Å². The molecule has 0 radical (unpaired) electrons. The van der Waals surface area contributed by atoms with Crippen molar-refractivity contribution in [3.63, 3.8) is 0 Å². The number of aromatic nitrogens is 1. The Morgan fingerprint density at radius 1 is 1.09 bits per heavy atom. The zero-order chi connectivity index (χ0) is 22.2. The number of hydrogen-bond donors (Lipinski definition) is 2. The van der Waals surface area contributed by atoms with Gasteiger partial charge in [-0.15, -0.1) is 0 Å². The number of nitrogens with zero attached hydrogens (tertiary/aromatic N) is 2. The smallest absolute Gasteiger partial charge is 0.326 e. The van der Waals surface area contributed by atoms with Crippen molar-refractivity contribution in [1.29, 1.82) is 0 Å². The predicted octanol–water partition coefficient (Wildman–Crippen LogP) is 2.86. The van der Waals surface area contributed by atoms with Crippen molar-refractivity contribution in [3.05, 3.63) is 70.9 Å². The Balaban J connectivity index is 1.55. The second-order valence-corrected chi connectivity index (χ2v) is 8.47. The van der Waals surface area contributed by atoms with Gasteiger partial charge in [0.15, 0.2) is 0 Å². The lowest BCUT2D eigenvalue weighted by Gasteiger charge is -2.21. The molecule has 3 heterocycles. The number of likely N-dealkylation sites (tertiary alicyclic amines) is 1. The van der Waals surface area contributed by atoms with E-state index in [0.29, 0.717) is 37.9 Å². The number of carboxylic acids is 1. The van der Waals surface area contributed by atoms with Crippen LogP contribution >= 0.6 is 0 Å². The molecule has 1 atom stereocenters. The topological polar surface area (TPSA) is 91.6 Å². The van der Waals surface area contributed by atoms with Gasteiger partial charge in [-0.1, -0.05) is 30.3 Å². The number of fused-ring (bicyclic) bond motifs is 3. The molecule has 2 aromatic carbocycles. The number of carbonyl (C=O) groups excluding carboxylic acids is 2. The van der Waals surface area contributed by atoms with E-state index in [2.05, 4.69) is 5.32 Å². The Hall–Kier alpha value is -3.45. The molecule has 1 saturated heterocycles. The van der Waals surface area contributed by atoms with Crippen LogP contribution in [0.25, 0.3) is 10.9 Å². The van der Waals surface area contributed by atoms with Crippen molar-refractivity contribution in [2.24, 2.45) is 0 Å². The zero-order valence-corrected chi connectivity index (χ0v) is 17.7. The zero-order valence-electron chi connectivity index (χ0n) is 17.7. The Morgan fingerprint density at radius 2 is 1.91 bits per heavy atom. The van der Waals surface area contributed by atoms with E-state index in [9.17, 15) is 19.5 Å². The van der Waals surface area contributed by atoms with Gasteiger partial charge < -0.3 is 15.3 Å². The molecule has 0 saturated carbocycles. The maximum atomic E-state index is 13.3. The summed E-state index contributed by atoms with van der Waals surface area (Å²) >= 11 is 0. The molecule has 0 spiro atoms. The second kappa shape index (κ2) is 8.24. The molecule has 0 aliphatic carbocycles. The first-order valence-corrected chi connectivity index (χ1v) is 11.0. The molecule has 1 amide bonds. The van der Waals surface area contributed by atoms with Gasteiger partial charge >= 0.3 is 5.97 Å². The van der Waals surface area contributed by atoms with Gasteiger partial charge in [0.25, 0.3) is 5.91 Å². The quantitative estimate of drug-likeness (QED) is 0.663. The van der Waals surface area contributed by atoms with E-state index < -0.39 is 12.0 Å². The summed E-state index contributed by atoms with van der Waals surface area (Å²) in [6.07, 6.45) is 2.24. The molecule has 5 rings (SSSR count). The lowest BCUT2D eigenvalue weighted by Crippen LogP contribution is -2.40. The van der Waals surface area contributed by atoms with E-state index in [0.717, 1.165) is 40.7 Å². The lowest BCUT2D eigenvalue weighted by molar-refractivity contribution is -0.141. The fourth-order valence-electron chi connectivity index (χ4n) is 4.99. The van der Waals surface area contributed by atoms with E-state index >= 15 is 0 Å². The Morgan fingerprint density at radius 3 is 2.69 bits per heavy atom. The standard InChI is InChI=1S/C25H25N3O4/c29-23(13-16-5-2-1-3-6-16)28-20-9-8-17(14-19(20)18-10-11-26-15-22(18)28)24(30)27-12-4-7-21(27)25(31)32/h1-3,5-6,8-9,14,21,26H,4,7,10-13,15H2,(H,31,32). The SMILES string of the molecule is O=C(O)C1CCCN1C(=O)c1ccc2c(c1)c1c(n2C(=O)Cc2ccccc2)CNCC1. The van der Waals surface area contributed by atoms with Crippen LogP contribution in [0.2, 0.25) is 0 Å². The third-order valence-corrected chi connectivity index (χ3v) is 6.52. The molecular formula is C25H25N3O4. The highest BCUT2D eigenvalue weighted by Crippen LogP contribution is 2.31. The van der Waals surface area contributed by atoms with E-state index in [1.54, 1.807) is 10.6 Å². The molecule has 1 fully saturated rings. The number of rotatable bonds is 4. The second-order valence-electron chi connectivity index (χ2n) is 8.47. The van der Waals surface area contributed by atoms with Crippen LogP contribution in [0, 0.1) is 0 Å². The average molecular weight is 431 g/mol. The summed E-state index contributed by atoms with van der Waals surface area (Å²) in [5, 5.41) is 13.7. The molecule has 7 nitrogen and oxygen atoms in total. The minimum atomic E-state index is -0.960. The molecule has 164 valence electrons. The maximum absolute atomic E-state index is 13.3. The molecule has 1 unspecified atom stereocenters. The van der Waals surface area contributed by atoms with Crippen molar-refractivity contribution < 1.29 is 19.5 Å². The molecule has 2 aliphatic rings. The Bertz CT molecular complexity index is 1210. The molecule has 2 N–H and O–H groups in total. The Kier molecular flexibility index (Phi) is 5.27. The van der Waals surface area contributed by atoms with Gasteiger partial charge in [0.05, 0.1) is 11.9 Å². The number of carboxylic acid groups (broad SMARTS) is 1. The van der Waals surface area contributed by atoms with Gasteiger partial charge in [-0.2, -0.15) is 0 Å². The fraction of sp³-hybridized carbons (Fsp3) is 0.320. The number of benzene rings is 2. The highest BCUT2D eigenvalue weighted by Gasteiger charge is 2.35. The summed E-state index contributed by atoms with van der Waals surface area (Å²) in [6.45, 7) is 1.86. The van der Waals surface area contributed by atoms with Gasteiger partial charge in [-0.3, -0.25) is 14.2 Å². The first-order valence-electron chi connectivity index (χ1n) is 11.0. The number of carbonyl (C=O) groups is 3. The number of hydrogen-bond acceptors (Lipinski definition) is 4. The highest BCUT2D eigenvalue weighted by molar-refractivity contribution is 6.03. The van der Waals surface area contributed by atoms with Crippen LogP contribution < -0.4 is 5.32 Å². The van der Waals surface area contributed by atoms with E-state index in [4.69, 9.17) is 0 Å². The van der Waals surface area contributed by atoms with E-state index in [-0.39, 0.29) is 11.8 Å². The minimum absolute atomic E-state index is 0.00397. The van der Waals surface area contributed by atoms with Crippen LogP contribution in [0.4, 0.5) is 0 Å². The van der Waals surface area contributed by atoms with Crippen LogP contribution in [0.3, 0.4) is 0 Å². The summed E-state index contributed by atoms with van der Waals surface area (Å²) in [4.78, 5) is 39.4. The third kappa shape index (κ3) is 3.48. The molecule has 2 aliphatic heterocycles. The van der Waals surface area contributed by atoms with Gasteiger partial charge in [-0.05, 0) is 55.1 Å². The summed E-state index contributed by atoms with van der Waals surface area (Å²) in [6, 6.07) is 14.3. The third-order valence-electron chi connectivity index (χ3n) is 6.52. The first-order chi connectivity index (χ1) is 15.5. The average Bonchev–Trinajstić information content (AvgIpc) is 3.42. The van der Waals surface area contributed by atoms with Crippen LogP contribution in [0.5, 0.6) is 0 Å². The van der Waals surface area contributed by atoms with E-state index in [1.165, 1.54) is 4.90 Å². The molecule has 32 heavy (non-hydrogen) atoms. The largest absolute Gasteiger partial charge is 0.480 e. The van der Waals surface area contributed by atoms with Crippen molar-refractivity contribution in [2.45, 2.75) is 38.3 Å². The highest BCUT2D eigenvalue weighted by atomic mass is 16.4. The summed E-state index contributed by atoms with van der Waals surface area (Å²) in [5.41, 5.74) is 4.26. The van der Waals surface area contributed by atoms with Crippen LogP contribution in [0.1, 0.15) is 44.8 Å². The fourth-order valence-corrected chi connectivity index (χ4v) is 4.99. The lowest BCUT2D eigenvalue weighted by atomic mass is 10.0. The number of aliphatic carboxylic acids is 1. The summed E-state index contributed by atoms with van der Waals surface area (Å²) < 4.78 is 1.79. The monoisotopic (exact) mass is 431 g/mol. The van der Waals surface area contributed by atoms with Crippen LogP contribution in [-0.2, 0) is 24.2 Å². The van der Waals surface area contributed by atoms with Crippen molar-refractivity contribution in [1.82, 2.24) is 14.8 Å². The number of amides is 1. The van der Waals surface area contributed by atoms with Crippen molar-refractivity contribution >= 4 is 28.7 Å². The molecule has 1 aromatic heterocycles. The summed E-state index contributed by atoms with van der Waals surface area (Å²) in [5.74, 6) is -1.23. The molecular weight excluding hydrogens is 406 g/mol. The summed E-state index contributed by atoms with van der Waals surface area (Å²) in [7, 11) is 0. The van der Waals surface area contributed by atoms with Gasteiger partial charge in [0.1, 0.15) is 6.04 Å². The van der Waals surface area contributed by atoms with Crippen LogP contribution in [0.15, 0.2) is 48.5 Å². The minimum Gasteiger partial charge on any atom is -0.480 e. The Labute approximate surface area is 185 Å². The van der Waals surface area contributed by atoms with Crippen LogP contribution in [-0.4, -0.2) is 51.5 Å². The molecule has 0 bridgehead atoms. The van der Waals surface area contributed by atoms with Gasteiger partial charge in [-0.25, -0.2) is 4.79 Å². The number of nitrogens with one attached hydrogen (secondary N) is 1. The van der Waals surface area contributed by atoms with E-state index in [1.807, 2.05) is 42.5 Å². The van der Waals surface area contributed by atoms with Crippen molar-refractivity contribution in [3.8, 4) is 0 Å². The molecule has 3 aromatic rings.